The number of hydrogen-bond donors (Lipinski definition) is 2. The van der Waals surface area contributed by atoms with Gasteiger partial charge in [0.25, 0.3) is 0 Å². The number of aryl methyl sites for hydroxylation is 1. The third-order valence-corrected chi connectivity index (χ3v) is 4.60. The molecule has 1 aliphatic heterocycles. The second-order valence-corrected chi connectivity index (χ2v) is 6.59. The van der Waals surface area contributed by atoms with Gasteiger partial charge < -0.3 is 24.7 Å². The molecule has 0 bridgehead atoms. The number of aliphatic imine (C=N–C) groups is 1. The van der Waals surface area contributed by atoms with Crippen molar-refractivity contribution >= 4 is 41.0 Å². The minimum absolute atomic E-state index is 0. The summed E-state index contributed by atoms with van der Waals surface area (Å²) in [5.74, 6) is 2.40. The molecule has 7 nitrogen and oxygen atoms in total. The van der Waals surface area contributed by atoms with Gasteiger partial charge in [0.2, 0.25) is 6.79 Å². The molecular formula is C21H26IN5O2. The van der Waals surface area contributed by atoms with Crippen LogP contribution in [-0.2, 0) is 13.1 Å². The number of hydrogen-bond acceptors (Lipinski definition) is 4. The van der Waals surface area contributed by atoms with E-state index < -0.39 is 0 Å². The van der Waals surface area contributed by atoms with Crippen LogP contribution in [0.25, 0.3) is 11.0 Å². The van der Waals surface area contributed by atoms with Crippen LogP contribution in [0.15, 0.2) is 53.8 Å². The minimum Gasteiger partial charge on any atom is -0.454 e. The average Bonchev–Trinajstić information content (AvgIpc) is 3.35. The monoisotopic (exact) mass is 507 g/mol. The van der Waals surface area contributed by atoms with Gasteiger partial charge in [0.05, 0.1) is 23.9 Å². The summed E-state index contributed by atoms with van der Waals surface area (Å²) in [5, 5.41) is 6.70. The van der Waals surface area contributed by atoms with Crippen molar-refractivity contribution < 1.29 is 9.47 Å². The lowest BCUT2D eigenvalue weighted by molar-refractivity contribution is 0.174. The van der Waals surface area contributed by atoms with Crippen molar-refractivity contribution in [2.75, 3.05) is 19.9 Å². The highest BCUT2D eigenvalue weighted by molar-refractivity contribution is 14.0. The van der Waals surface area contributed by atoms with E-state index in [1.54, 1.807) is 0 Å². The Labute approximate surface area is 187 Å². The topological polar surface area (TPSA) is 72.7 Å². The number of fused-ring (bicyclic) bond motifs is 2. The van der Waals surface area contributed by atoms with E-state index in [9.17, 15) is 0 Å². The van der Waals surface area contributed by atoms with Crippen LogP contribution >= 0.6 is 24.0 Å². The molecule has 0 fully saturated rings. The van der Waals surface area contributed by atoms with Crippen molar-refractivity contribution in [1.29, 1.82) is 0 Å². The van der Waals surface area contributed by atoms with Gasteiger partial charge in [0, 0.05) is 19.6 Å². The first-order valence-corrected chi connectivity index (χ1v) is 9.64. The van der Waals surface area contributed by atoms with Crippen LogP contribution in [0.3, 0.4) is 0 Å². The second-order valence-electron chi connectivity index (χ2n) is 6.59. The van der Waals surface area contributed by atoms with Gasteiger partial charge in [-0.15, -0.1) is 24.0 Å². The maximum absolute atomic E-state index is 5.43. The predicted molar refractivity (Wildman–Crippen MR) is 125 cm³/mol. The lowest BCUT2D eigenvalue weighted by Gasteiger charge is -2.12. The molecule has 0 aliphatic carbocycles. The van der Waals surface area contributed by atoms with E-state index in [0.717, 1.165) is 54.6 Å². The number of rotatable bonds is 7. The number of nitrogens with one attached hydrogen (secondary N) is 2. The SMILES string of the molecule is CCNC(=NCc1ccc2c(c1)OCO2)NCCCn1cnc2ccccc21.I. The number of guanidine groups is 1. The fraction of sp³-hybridized carbons (Fsp3) is 0.333. The Morgan fingerprint density at radius 1 is 1.14 bits per heavy atom. The summed E-state index contributed by atoms with van der Waals surface area (Å²) in [7, 11) is 0. The Morgan fingerprint density at radius 3 is 2.90 bits per heavy atom. The molecule has 1 aromatic heterocycles. The molecule has 3 aromatic rings. The zero-order valence-electron chi connectivity index (χ0n) is 16.4. The number of para-hydroxylation sites is 2. The molecule has 2 N–H and O–H groups in total. The summed E-state index contributed by atoms with van der Waals surface area (Å²) >= 11 is 0. The van der Waals surface area contributed by atoms with E-state index in [0.29, 0.717) is 13.3 Å². The Kier molecular flexibility index (Phi) is 7.56. The van der Waals surface area contributed by atoms with E-state index in [1.807, 2.05) is 42.7 Å². The van der Waals surface area contributed by atoms with Crippen LogP contribution in [0.5, 0.6) is 11.5 Å². The Morgan fingerprint density at radius 2 is 2.00 bits per heavy atom. The van der Waals surface area contributed by atoms with Gasteiger partial charge in [0.1, 0.15) is 0 Å². The zero-order chi connectivity index (χ0) is 19.2. The molecule has 2 aromatic carbocycles. The summed E-state index contributed by atoms with van der Waals surface area (Å²) in [6.45, 7) is 5.50. The standard InChI is InChI=1S/C21H25N5O2.HI/c1-2-22-21(24-13-16-8-9-19-20(12-16)28-15-27-19)23-10-5-11-26-14-25-17-6-3-4-7-18(17)26;/h3-4,6-9,12,14H,2,5,10-11,13,15H2,1H3,(H2,22,23,24);1H. The fourth-order valence-electron chi connectivity index (χ4n) is 3.20. The molecular weight excluding hydrogens is 481 g/mol. The molecule has 8 heteroatoms. The number of nitrogens with zero attached hydrogens (tertiary/aromatic N) is 3. The fourth-order valence-corrected chi connectivity index (χ4v) is 3.20. The third kappa shape index (κ3) is 5.31. The number of benzene rings is 2. The number of ether oxygens (including phenoxy) is 2. The average molecular weight is 507 g/mol. The van der Waals surface area contributed by atoms with Crippen LogP contribution in [0.4, 0.5) is 0 Å². The summed E-state index contributed by atoms with van der Waals surface area (Å²) in [6, 6.07) is 14.1. The first-order valence-electron chi connectivity index (χ1n) is 9.64. The molecule has 0 unspecified atom stereocenters. The van der Waals surface area contributed by atoms with Crippen molar-refractivity contribution in [2.45, 2.75) is 26.4 Å². The second kappa shape index (κ2) is 10.3. The normalized spacial score (nSPS) is 12.7. The van der Waals surface area contributed by atoms with E-state index in [2.05, 4.69) is 38.2 Å². The van der Waals surface area contributed by atoms with Crippen molar-refractivity contribution in [3.63, 3.8) is 0 Å². The van der Waals surface area contributed by atoms with Crippen molar-refractivity contribution in [2.24, 2.45) is 4.99 Å². The number of imidazole rings is 1. The van der Waals surface area contributed by atoms with Gasteiger partial charge in [-0.05, 0) is 43.2 Å². The molecule has 0 spiro atoms. The van der Waals surface area contributed by atoms with E-state index in [-0.39, 0.29) is 24.0 Å². The van der Waals surface area contributed by atoms with Crippen LogP contribution < -0.4 is 20.1 Å². The summed E-state index contributed by atoms with van der Waals surface area (Å²) in [5.41, 5.74) is 3.30. The van der Waals surface area contributed by atoms with Crippen molar-refractivity contribution in [3.8, 4) is 11.5 Å². The van der Waals surface area contributed by atoms with Gasteiger partial charge in [-0.3, -0.25) is 0 Å². The Balaban J connectivity index is 0.00000240. The Bertz CT molecular complexity index is 973. The van der Waals surface area contributed by atoms with Crippen LogP contribution in [0, 0.1) is 0 Å². The summed E-state index contributed by atoms with van der Waals surface area (Å²) in [6.07, 6.45) is 2.89. The van der Waals surface area contributed by atoms with E-state index in [1.165, 1.54) is 5.52 Å². The molecule has 0 amide bonds. The quantitative estimate of drug-likeness (QED) is 0.222. The molecule has 4 rings (SSSR count). The van der Waals surface area contributed by atoms with Crippen LogP contribution in [0.2, 0.25) is 0 Å². The smallest absolute Gasteiger partial charge is 0.231 e. The molecule has 0 saturated heterocycles. The zero-order valence-corrected chi connectivity index (χ0v) is 18.8. The first-order chi connectivity index (χ1) is 13.8. The maximum atomic E-state index is 5.43. The largest absolute Gasteiger partial charge is 0.454 e. The Hall–Kier alpha value is -2.49. The minimum atomic E-state index is 0. The molecule has 0 radical (unpaired) electrons. The number of halogens is 1. The molecule has 29 heavy (non-hydrogen) atoms. The van der Waals surface area contributed by atoms with Gasteiger partial charge in [-0.25, -0.2) is 9.98 Å². The lowest BCUT2D eigenvalue weighted by Crippen LogP contribution is -2.38. The van der Waals surface area contributed by atoms with Gasteiger partial charge in [-0.2, -0.15) is 0 Å². The van der Waals surface area contributed by atoms with Gasteiger partial charge >= 0.3 is 0 Å². The van der Waals surface area contributed by atoms with Crippen molar-refractivity contribution in [1.82, 2.24) is 20.2 Å². The number of aromatic nitrogens is 2. The van der Waals surface area contributed by atoms with Crippen molar-refractivity contribution in [3.05, 3.63) is 54.4 Å². The van der Waals surface area contributed by atoms with Gasteiger partial charge in [-0.1, -0.05) is 18.2 Å². The lowest BCUT2D eigenvalue weighted by atomic mass is 10.2. The first kappa shape index (κ1) is 21.2. The molecule has 1 aliphatic rings. The van der Waals surface area contributed by atoms with Crippen LogP contribution in [0.1, 0.15) is 18.9 Å². The van der Waals surface area contributed by atoms with E-state index in [4.69, 9.17) is 9.47 Å². The highest BCUT2D eigenvalue weighted by Gasteiger charge is 2.13. The third-order valence-electron chi connectivity index (χ3n) is 4.60. The molecule has 0 atom stereocenters. The highest BCUT2D eigenvalue weighted by atomic mass is 127. The predicted octanol–water partition coefficient (Wildman–Crippen LogP) is 3.53. The molecule has 0 saturated carbocycles. The van der Waals surface area contributed by atoms with Crippen LogP contribution in [-0.4, -0.2) is 35.4 Å². The molecule has 154 valence electrons. The van der Waals surface area contributed by atoms with E-state index >= 15 is 0 Å². The molecule has 2 heterocycles. The summed E-state index contributed by atoms with van der Waals surface area (Å²) in [4.78, 5) is 9.11. The summed E-state index contributed by atoms with van der Waals surface area (Å²) < 4.78 is 13.0. The highest BCUT2D eigenvalue weighted by Crippen LogP contribution is 2.32. The van der Waals surface area contributed by atoms with Gasteiger partial charge in [0.15, 0.2) is 17.5 Å². The maximum Gasteiger partial charge on any atom is 0.231 e.